The van der Waals surface area contributed by atoms with Crippen LogP contribution in [0, 0.1) is 0 Å². The fourth-order valence-corrected chi connectivity index (χ4v) is 4.57. The Labute approximate surface area is 169 Å². The average Bonchev–Trinajstić information content (AvgIpc) is 3.22. The summed E-state index contributed by atoms with van der Waals surface area (Å²) >= 11 is 1.29. The topological polar surface area (TPSA) is 90.9 Å². The van der Waals surface area contributed by atoms with Gasteiger partial charge in [-0.25, -0.2) is 4.52 Å². The molecule has 0 aromatic carbocycles. The summed E-state index contributed by atoms with van der Waals surface area (Å²) in [5.74, 6) is -0.640. The van der Waals surface area contributed by atoms with E-state index in [9.17, 15) is 14.7 Å². The number of aliphatic carboxylic acids is 1. The molecule has 4 heterocycles. The van der Waals surface area contributed by atoms with E-state index >= 15 is 0 Å². The number of rotatable bonds is 2. The van der Waals surface area contributed by atoms with Crippen LogP contribution in [-0.4, -0.2) is 31.8 Å². The SMILES string of the molecule is O=C([O-])C1=CS[C@@H]2/C(=C\c3cc4oc5c(n4n3)CCCC5)C(=O)N12.[Na+]. The van der Waals surface area contributed by atoms with Gasteiger partial charge < -0.3 is 14.3 Å². The number of aryl methyl sites for hydroxylation is 2. The van der Waals surface area contributed by atoms with Gasteiger partial charge in [-0.3, -0.25) is 9.69 Å². The zero-order valence-corrected chi connectivity index (χ0v) is 16.3. The molecule has 1 aliphatic carbocycles. The summed E-state index contributed by atoms with van der Waals surface area (Å²) in [5, 5.41) is 16.7. The number of β-lactam (4-membered cyclic amide) rings is 1. The van der Waals surface area contributed by atoms with Gasteiger partial charge in [-0.2, -0.15) is 5.10 Å². The Hall–Kier alpha value is -1.48. The number of nitrogens with zero attached hydrogens (tertiary/aromatic N) is 3. The fraction of sp³-hybridized carbons (Fsp3) is 0.312. The number of hydrogen-bond acceptors (Lipinski definition) is 6. The van der Waals surface area contributed by atoms with Gasteiger partial charge in [-0.1, -0.05) is 0 Å². The van der Waals surface area contributed by atoms with Crippen molar-refractivity contribution in [2.45, 2.75) is 31.1 Å². The Morgan fingerprint density at radius 1 is 1.40 bits per heavy atom. The molecule has 0 bridgehead atoms. The summed E-state index contributed by atoms with van der Waals surface area (Å²) in [4.78, 5) is 24.4. The first-order valence-electron chi connectivity index (χ1n) is 7.76. The standard InChI is InChI=1S/C16H13N3O4S.Na/c20-14-9(15-18(14)11(7-24-15)16(21)22)5-8-6-13-19(17-8)10-3-1-2-4-12(10)23-13;/h5-7,15H,1-4H2,(H,21,22);/q;+1/p-1/b9-5-;/t15-;/m1./s1. The van der Waals surface area contributed by atoms with E-state index in [1.54, 1.807) is 6.08 Å². The molecule has 1 atom stereocenters. The molecule has 3 aliphatic rings. The zero-order chi connectivity index (χ0) is 16.4. The van der Waals surface area contributed by atoms with E-state index in [4.69, 9.17) is 4.42 Å². The number of carboxylic acids is 1. The van der Waals surface area contributed by atoms with Gasteiger partial charge in [0.2, 0.25) is 5.71 Å². The molecule has 0 saturated carbocycles. The Kier molecular flexibility index (Phi) is 4.10. The second kappa shape index (κ2) is 6.05. The predicted molar refractivity (Wildman–Crippen MR) is 83.4 cm³/mol. The molecule has 2 aromatic rings. The van der Waals surface area contributed by atoms with Crippen LogP contribution in [-0.2, 0) is 22.4 Å². The third-order valence-electron chi connectivity index (χ3n) is 4.62. The number of carboxylic acid groups (broad SMARTS) is 1. The monoisotopic (exact) mass is 365 g/mol. The normalized spacial score (nSPS) is 23.1. The summed E-state index contributed by atoms with van der Waals surface area (Å²) in [6, 6.07) is 1.81. The molecule has 0 N–H and O–H groups in total. The maximum absolute atomic E-state index is 12.2. The number of fused-ring (bicyclic) bond motifs is 4. The predicted octanol–water partition coefficient (Wildman–Crippen LogP) is -2.30. The van der Waals surface area contributed by atoms with Crippen LogP contribution < -0.4 is 34.7 Å². The first-order chi connectivity index (χ1) is 11.6. The molecule has 5 rings (SSSR count). The van der Waals surface area contributed by atoms with E-state index < -0.39 is 5.97 Å². The summed E-state index contributed by atoms with van der Waals surface area (Å²) in [6.45, 7) is 0. The van der Waals surface area contributed by atoms with Crippen molar-refractivity contribution in [2.75, 3.05) is 0 Å². The van der Waals surface area contributed by atoms with Crippen LogP contribution >= 0.6 is 11.8 Å². The van der Waals surface area contributed by atoms with Crippen molar-refractivity contribution >= 4 is 35.4 Å². The van der Waals surface area contributed by atoms with Gasteiger partial charge >= 0.3 is 29.6 Å². The Morgan fingerprint density at radius 2 is 2.20 bits per heavy atom. The Bertz CT molecular complexity index is 974. The van der Waals surface area contributed by atoms with Crippen molar-refractivity contribution in [3.05, 3.63) is 39.9 Å². The van der Waals surface area contributed by atoms with E-state index in [1.807, 2.05) is 10.6 Å². The summed E-state index contributed by atoms with van der Waals surface area (Å²) in [6.07, 6.45) is 5.86. The minimum Gasteiger partial charge on any atom is -0.543 e. The van der Waals surface area contributed by atoms with Crippen LogP contribution in [0.1, 0.15) is 30.0 Å². The first-order valence-corrected chi connectivity index (χ1v) is 8.70. The second-order valence-corrected chi connectivity index (χ2v) is 7.01. The van der Waals surface area contributed by atoms with Crippen LogP contribution in [0.15, 0.2) is 27.2 Å². The molecule has 2 aliphatic heterocycles. The number of aromatic nitrogens is 2. The Morgan fingerprint density at radius 3 is 3.00 bits per heavy atom. The largest absolute Gasteiger partial charge is 1.00 e. The van der Waals surface area contributed by atoms with E-state index in [2.05, 4.69) is 5.10 Å². The first kappa shape index (κ1) is 17.0. The summed E-state index contributed by atoms with van der Waals surface area (Å²) < 4.78 is 7.65. The minimum atomic E-state index is -1.33. The van der Waals surface area contributed by atoms with Crippen LogP contribution in [0.4, 0.5) is 0 Å². The summed E-state index contributed by atoms with van der Waals surface area (Å²) in [7, 11) is 0. The third-order valence-corrected chi connectivity index (χ3v) is 5.70. The van der Waals surface area contributed by atoms with E-state index in [-0.39, 0.29) is 46.5 Å². The molecule has 0 radical (unpaired) electrons. The van der Waals surface area contributed by atoms with Gasteiger partial charge in [0.25, 0.3) is 5.91 Å². The van der Waals surface area contributed by atoms with Crippen molar-refractivity contribution in [3.63, 3.8) is 0 Å². The molecular weight excluding hydrogens is 353 g/mol. The molecule has 9 heteroatoms. The van der Waals surface area contributed by atoms with Crippen molar-refractivity contribution in [1.82, 2.24) is 14.5 Å². The molecule has 0 spiro atoms. The maximum Gasteiger partial charge on any atom is 1.00 e. The van der Waals surface area contributed by atoms with Crippen LogP contribution in [0.25, 0.3) is 11.8 Å². The van der Waals surface area contributed by atoms with Gasteiger partial charge in [0, 0.05) is 12.5 Å². The molecule has 1 fully saturated rings. The van der Waals surface area contributed by atoms with Gasteiger partial charge in [-0.05, 0) is 30.7 Å². The number of carbonyl (C=O) groups is 2. The molecule has 122 valence electrons. The molecular formula is C16H12N3NaO4S. The van der Waals surface area contributed by atoms with Crippen molar-refractivity contribution < 1.29 is 48.7 Å². The van der Waals surface area contributed by atoms with E-state index in [0.717, 1.165) is 37.1 Å². The van der Waals surface area contributed by atoms with Gasteiger partial charge in [0.15, 0.2) is 0 Å². The minimum absolute atomic E-state index is 0. The summed E-state index contributed by atoms with van der Waals surface area (Å²) in [5.41, 5.74) is 2.91. The maximum atomic E-state index is 12.2. The van der Waals surface area contributed by atoms with E-state index in [1.165, 1.54) is 22.1 Å². The number of oxazole rings is 1. The molecule has 7 nitrogen and oxygen atoms in total. The quantitative estimate of drug-likeness (QED) is 0.338. The van der Waals surface area contributed by atoms with Crippen LogP contribution in [0.2, 0.25) is 0 Å². The van der Waals surface area contributed by atoms with Crippen molar-refractivity contribution in [3.8, 4) is 0 Å². The van der Waals surface area contributed by atoms with Crippen LogP contribution in [0.3, 0.4) is 0 Å². The molecule has 25 heavy (non-hydrogen) atoms. The van der Waals surface area contributed by atoms with Crippen molar-refractivity contribution in [1.29, 1.82) is 0 Å². The fourth-order valence-electron chi connectivity index (χ4n) is 3.46. The van der Waals surface area contributed by atoms with Gasteiger partial charge in [-0.15, -0.1) is 11.8 Å². The number of thioether (sulfide) groups is 1. The number of amides is 1. The van der Waals surface area contributed by atoms with Crippen molar-refractivity contribution in [2.24, 2.45) is 0 Å². The van der Waals surface area contributed by atoms with Gasteiger partial charge in [0.1, 0.15) is 11.1 Å². The molecule has 0 unspecified atom stereocenters. The van der Waals surface area contributed by atoms with Gasteiger partial charge in [0.05, 0.1) is 28.6 Å². The second-order valence-electron chi connectivity index (χ2n) is 6.05. The smallest absolute Gasteiger partial charge is 0.543 e. The third kappa shape index (κ3) is 2.43. The number of carbonyl (C=O) groups excluding carboxylic acids is 2. The number of hydrogen-bond donors (Lipinski definition) is 0. The Balaban J connectivity index is 0.00000157. The molecule has 1 amide bonds. The zero-order valence-electron chi connectivity index (χ0n) is 13.5. The van der Waals surface area contributed by atoms with Crippen LogP contribution in [0.5, 0.6) is 0 Å². The molecule has 2 aromatic heterocycles. The van der Waals surface area contributed by atoms with E-state index in [0.29, 0.717) is 17.0 Å². The molecule has 1 saturated heterocycles. The average molecular weight is 365 g/mol.